The summed E-state index contributed by atoms with van der Waals surface area (Å²) in [6.45, 7) is 6.78. The van der Waals surface area contributed by atoms with Crippen LogP contribution in [-0.4, -0.2) is 72.0 Å². The number of nitrogens with zero attached hydrogens (tertiary/aromatic N) is 2. The standard InChI is InChI=1S/C37H52N2O3/c1-3-4-22-38(23-11-6-5-8-12-27-13-9-7-10-14-27)30-19-20-37(40)32-25-29-17-18-31(41-2)34-33(29)36(37,35(30)42-34)21-24-39(32)26-28-15-16-28/h7,9-10,13-14,17-18,28,30,32,35,40H,3-6,8,11-12,15-16,19-26H2,1-2H3/t30-,32-,35+,36+,37-/m1/s1. The summed E-state index contributed by atoms with van der Waals surface area (Å²) in [5.74, 6) is 2.62. The summed E-state index contributed by atoms with van der Waals surface area (Å²) >= 11 is 0. The molecule has 2 aromatic carbocycles. The molecule has 5 nitrogen and oxygen atoms in total. The summed E-state index contributed by atoms with van der Waals surface area (Å²) < 4.78 is 13.0. The number of methoxy groups -OCH3 is 1. The number of likely N-dealkylation sites (tertiary alicyclic amines) is 1. The van der Waals surface area contributed by atoms with Gasteiger partial charge in [-0.3, -0.25) is 9.80 Å². The maximum atomic E-state index is 12.9. The molecule has 1 saturated heterocycles. The molecule has 7 rings (SSSR count). The lowest BCUT2D eigenvalue weighted by atomic mass is 9.48. The van der Waals surface area contributed by atoms with Gasteiger partial charge in [-0.15, -0.1) is 0 Å². The number of unbranched alkanes of at least 4 members (excludes halogenated alkanes) is 4. The second-order valence-electron chi connectivity index (χ2n) is 14.1. The van der Waals surface area contributed by atoms with Gasteiger partial charge >= 0.3 is 0 Å². The number of aliphatic hydroxyl groups is 1. The molecule has 1 N–H and O–H groups in total. The lowest BCUT2D eigenvalue weighted by Crippen LogP contribution is -2.78. The van der Waals surface area contributed by atoms with E-state index >= 15 is 0 Å². The first-order chi connectivity index (χ1) is 20.6. The molecule has 2 aromatic rings. The van der Waals surface area contributed by atoms with Gasteiger partial charge in [0.05, 0.1) is 18.1 Å². The first kappa shape index (κ1) is 28.7. The van der Waals surface area contributed by atoms with Crippen molar-refractivity contribution < 1.29 is 14.6 Å². The summed E-state index contributed by atoms with van der Waals surface area (Å²) in [5, 5.41) is 12.9. The molecule has 2 saturated carbocycles. The minimum atomic E-state index is -0.736. The van der Waals surface area contributed by atoms with Crippen LogP contribution in [0.15, 0.2) is 42.5 Å². The Bertz CT molecular complexity index is 1230. The first-order valence-corrected chi connectivity index (χ1v) is 17.2. The molecule has 1 spiro atoms. The Hall–Kier alpha value is -2.08. The highest BCUT2D eigenvalue weighted by molar-refractivity contribution is 5.63. The predicted octanol–water partition coefficient (Wildman–Crippen LogP) is 6.53. The number of piperidine rings is 1. The minimum absolute atomic E-state index is 0.0119. The fourth-order valence-corrected chi connectivity index (χ4v) is 9.43. The van der Waals surface area contributed by atoms with Crippen molar-refractivity contribution in [1.82, 2.24) is 9.80 Å². The van der Waals surface area contributed by atoms with E-state index in [0.29, 0.717) is 6.04 Å². The average Bonchev–Trinajstić information content (AvgIpc) is 3.76. The van der Waals surface area contributed by atoms with Gasteiger partial charge in [-0.1, -0.05) is 62.6 Å². The van der Waals surface area contributed by atoms with E-state index in [0.717, 1.165) is 69.3 Å². The van der Waals surface area contributed by atoms with Crippen LogP contribution in [0.4, 0.5) is 0 Å². The van der Waals surface area contributed by atoms with E-state index in [-0.39, 0.29) is 17.6 Å². The molecular formula is C37H52N2O3. The molecule has 2 aliphatic heterocycles. The van der Waals surface area contributed by atoms with E-state index in [1.54, 1.807) is 7.11 Å². The third-order valence-electron chi connectivity index (χ3n) is 11.7. The van der Waals surface area contributed by atoms with E-state index in [4.69, 9.17) is 9.47 Å². The summed E-state index contributed by atoms with van der Waals surface area (Å²) in [5.41, 5.74) is 3.08. The Morgan fingerprint density at radius 2 is 1.79 bits per heavy atom. The van der Waals surface area contributed by atoms with Crippen molar-refractivity contribution in [2.45, 2.75) is 120 Å². The second-order valence-corrected chi connectivity index (χ2v) is 14.1. The molecule has 2 heterocycles. The molecule has 0 unspecified atom stereocenters. The zero-order valence-electron chi connectivity index (χ0n) is 26.0. The lowest BCUT2D eigenvalue weighted by molar-refractivity contribution is -0.200. The molecule has 0 radical (unpaired) electrons. The van der Waals surface area contributed by atoms with Crippen LogP contribution in [0.1, 0.15) is 94.2 Å². The Kier molecular flexibility index (Phi) is 8.04. The van der Waals surface area contributed by atoms with Gasteiger partial charge in [0.2, 0.25) is 0 Å². The zero-order valence-corrected chi connectivity index (χ0v) is 26.0. The van der Waals surface area contributed by atoms with Crippen molar-refractivity contribution >= 4 is 0 Å². The van der Waals surface area contributed by atoms with Gasteiger partial charge < -0.3 is 14.6 Å². The Labute approximate surface area is 253 Å². The van der Waals surface area contributed by atoms with Gasteiger partial charge in [-0.25, -0.2) is 0 Å². The van der Waals surface area contributed by atoms with Crippen LogP contribution in [0.25, 0.3) is 0 Å². The topological polar surface area (TPSA) is 45.2 Å². The molecule has 3 fully saturated rings. The number of hydrogen-bond donors (Lipinski definition) is 1. The van der Waals surface area contributed by atoms with Crippen molar-refractivity contribution in [3.8, 4) is 11.5 Å². The zero-order chi connectivity index (χ0) is 28.7. The number of aryl methyl sites for hydroxylation is 1. The normalized spacial score (nSPS) is 31.2. The Balaban J connectivity index is 1.12. The lowest BCUT2D eigenvalue weighted by Gasteiger charge is -2.65. The van der Waals surface area contributed by atoms with Crippen molar-refractivity contribution in [3.63, 3.8) is 0 Å². The highest BCUT2D eigenvalue weighted by Crippen LogP contribution is 2.66. The molecular weight excluding hydrogens is 520 g/mol. The van der Waals surface area contributed by atoms with Crippen molar-refractivity contribution in [3.05, 3.63) is 59.2 Å². The van der Waals surface area contributed by atoms with Crippen molar-refractivity contribution in [2.24, 2.45) is 5.92 Å². The van der Waals surface area contributed by atoms with Crippen LogP contribution in [0.2, 0.25) is 0 Å². The molecule has 5 heteroatoms. The second kappa shape index (κ2) is 11.8. The fraction of sp³-hybridized carbons (Fsp3) is 0.676. The van der Waals surface area contributed by atoms with Crippen LogP contribution >= 0.6 is 0 Å². The fourth-order valence-electron chi connectivity index (χ4n) is 9.43. The number of ether oxygens (including phenoxy) is 2. The highest BCUT2D eigenvalue weighted by Gasteiger charge is 2.73. The van der Waals surface area contributed by atoms with Crippen LogP contribution in [-0.2, 0) is 18.3 Å². The van der Waals surface area contributed by atoms with Crippen LogP contribution in [0.3, 0.4) is 0 Å². The summed E-state index contributed by atoms with van der Waals surface area (Å²) in [6.07, 6.45) is 15.2. The SMILES string of the molecule is CCCCN(CCCCCCc1ccccc1)[C@@H]1CC[C@@]2(O)[C@H]3Cc4ccc(OC)c5c4[C@@]2(CCN3CC2CC2)[C@H]1O5. The first-order valence-electron chi connectivity index (χ1n) is 17.2. The summed E-state index contributed by atoms with van der Waals surface area (Å²) in [6, 6.07) is 15.8. The van der Waals surface area contributed by atoms with Gasteiger partial charge in [-0.05, 0) is 107 Å². The van der Waals surface area contributed by atoms with E-state index in [2.05, 4.69) is 59.2 Å². The summed E-state index contributed by atoms with van der Waals surface area (Å²) in [7, 11) is 1.76. The molecule has 5 aliphatic rings. The maximum absolute atomic E-state index is 12.9. The van der Waals surface area contributed by atoms with Gasteiger partial charge in [0, 0.05) is 24.2 Å². The third-order valence-corrected chi connectivity index (χ3v) is 11.7. The summed E-state index contributed by atoms with van der Waals surface area (Å²) in [4.78, 5) is 5.45. The smallest absolute Gasteiger partial charge is 0.165 e. The third kappa shape index (κ3) is 4.79. The highest BCUT2D eigenvalue weighted by atomic mass is 16.5. The quantitative estimate of drug-likeness (QED) is 0.261. The number of rotatable bonds is 14. The van der Waals surface area contributed by atoms with Crippen molar-refractivity contribution in [2.75, 3.05) is 33.3 Å². The van der Waals surface area contributed by atoms with Crippen LogP contribution in [0.5, 0.6) is 11.5 Å². The van der Waals surface area contributed by atoms with Crippen LogP contribution < -0.4 is 9.47 Å². The Morgan fingerprint density at radius 1 is 0.976 bits per heavy atom. The van der Waals surface area contributed by atoms with E-state index in [9.17, 15) is 5.11 Å². The van der Waals surface area contributed by atoms with Gasteiger partial charge in [0.15, 0.2) is 11.5 Å². The molecule has 0 aromatic heterocycles. The molecule has 2 bridgehead atoms. The monoisotopic (exact) mass is 572 g/mol. The molecule has 0 amide bonds. The van der Waals surface area contributed by atoms with Crippen molar-refractivity contribution in [1.29, 1.82) is 0 Å². The largest absolute Gasteiger partial charge is 0.493 e. The van der Waals surface area contributed by atoms with Gasteiger partial charge in [0.25, 0.3) is 0 Å². The van der Waals surface area contributed by atoms with E-state index in [1.807, 2.05) is 0 Å². The average molecular weight is 573 g/mol. The van der Waals surface area contributed by atoms with Crippen LogP contribution in [0, 0.1) is 5.92 Å². The van der Waals surface area contributed by atoms with Gasteiger partial charge in [-0.2, -0.15) is 0 Å². The minimum Gasteiger partial charge on any atom is -0.493 e. The van der Waals surface area contributed by atoms with Gasteiger partial charge in [0.1, 0.15) is 6.10 Å². The molecule has 42 heavy (non-hydrogen) atoms. The van der Waals surface area contributed by atoms with E-state index in [1.165, 1.54) is 74.5 Å². The number of hydrogen-bond acceptors (Lipinski definition) is 5. The van der Waals surface area contributed by atoms with E-state index < -0.39 is 5.60 Å². The predicted molar refractivity (Wildman–Crippen MR) is 169 cm³/mol. The molecule has 3 aliphatic carbocycles. The number of benzene rings is 2. The maximum Gasteiger partial charge on any atom is 0.165 e. The molecule has 5 atom stereocenters. The molecule has 228 valence electrons. The Morgan fingerprint density at radius 3 is 2.57 bits per heavy atom.